The van der Waals surface area contributed by atoms with Crippen LogP contribution < -0.4 is 14.8 Å². The lowest BCUT2D eigenvalue weighted by Gasteiger charge is -2.19. The van der Waals surface area contributed by atoms with E-state index in [0.717, 1.165) is 11.1 Å². The van der Waals surface area contributed by atoms with E-state index in [9.17, 15) is 8.60 Å². The molecule has 0 aliphatic carbocycles. The van der Waals surface area contributed by atoms with Crippen molar-refractivity contribution in [1.29, 1.82) is 0 Å². The molecule has 0 saturated carbocycles. The van der Waals surface area contributed by atoms with E-state index in [1.807, 2.05) is 58.9 Å². The summed E-state index contributed by atoms with van der Waals surface area (Å²) in [7, 11) is 0.582. The highest BCUT2D eigenvalue weighted by molar-refractivity contribution is 7.82. The summed E-state index contributed by atoms with van der Waals surface area (Å²) in [6.45, 7) is 11.7. The fourth-order valence-electron chi connectivity index (χ4n) is 2.64. The van der Waals surface area contributed by atoms with Crippen LogP contribution in [0.1, 0.15) is 51.8 Å². The number of nitrogens with one attached hydrogen (secondary N) is 2. The summed E-state index contributed by atoms with van der Waals surface area (Å²) < 4.78 is 38.3. The molecule has 0 aliphatic heterocycles. The molecule has 2 N–H and O–H groups in total. The molecule has 3 unspecified atom stereocenters. The highest BCUT2D eigenvalue weighted by Gasteiger charge is 2.11. The Hall–Kier alpha value is -1.80. The Morgan fingerprint density at radius 1 is 1.00 bits per heavy atom. The third-order valence-electron chi connectivity index (χ3n) is 3.99. The number of benzene rings is 2. The summed E-state index contributed by atoms with van der Waals surface area (Å²) in [5.74, 6) is 0.321. The maximum absolute atomic E-state index is 13.0. The number of hydrogen-bond donors (Lipinski definition) is 2. The van der Waals surface area contributed by atoms with Crippen molar-refractivity contribution in [2.45, 2.75) is 53.3 Å². The van der Waals surface area contributed by atoms with Crippen LogP contribution in [0.5, 0.6) is 5.75 Å². The Kier molecular flexibility index (Phi) is 16.8. The average Bonchev–Trinajstić information content (AvgIpc) is 2.78. The molecule has 2 rings (SSSR count). The van der Waals surface area contributed by atoms with Crippen molar-refractivity contribution in [1.82, 2.24) is 10.0 Å². The van der Waals surface area contributed by atoms with Crippen LogP contribution in [0.4, 0.5) is 4.39 Å². The van der Waals surface area contributed by atoms with E-state index in [-0.39, 0.29) is 18.0 Å². The van der Waals surface area contributed by atoms with Crippen molar-refractivity contribution < 1.29 is 18.1 Å². The zero-order valence-electron chi connectivity index (χ0n) is 19.9. The van der Waals surface area contributed by atoms with Gasteiger partial charge in [-0.2, -0.15) is 0 Å². The Morgan fingerprint density at radius 3 is 2.10 bits per heavy atom. The molecular formula is C24H39FN2O3S. The summed E-state index contributed by atoms with van der Waals surface area (Å²) in [4.78, 5) is 0. The topological polar surface area (TPSA) is 59.6 Å². The van der Waals surface area contributed by atoms with Crippen LogP contribution >= 0.6 is 0 Å². The van der Waals surface area contributed by atoms with Gasteiger partial charge in [-0.15, -0.1) is 0 Å². The van der Waals surface area contributed by atoms with Crippen LogP contribution in [0.3, 0.4) is 0 Å². The first-order valence-electron chi connectivity index (χ1n) is 10.8. The molecule has 0 amide bonds. The van der Waals surface area contributed by atoms with Crippen molar-refractivity contribution in [3.8, 4) is 5.75 Å². The molecule has 31 heavy (non-hydrogen) atoms. The van der Waals surface area contributed by atoms with Gasteiger partial charge >= 0.3 is 0 Å². The first-order valence-corrected chi connectivity index (χ1v) is 12.3. The van der Waals surface area contributed by atoms with Gasteiger partial charge < -0.3 is 14.8 Å². The SMILES string of the molecule is CC.CC.COCC(CNCc1ccc(C(C)NS(C)=O)cc1)Oc1ccc(F)cc1. The molecule has 7 heteroatoms. The van der Waals surface area contributed by atoms with Crippen LogP contribution in [0.15, 0.2) is 48.5 Å². The van der Waals surface area contributed by atoms with Crippen LogP contribution in [-0.2, 0) is 22.3 Å². The lowest BCUT2D eigenvalue weighted by Crippen LogP contribution is -2.34. The van der Waals surface area contributed by atoms with Gasteiger partial charge in [-0.3, -0.25) is 0 Å². The van der Waals surface area contributed by atoms with Crippen LogP contribution in [0.25, 0.3) is 0 Å². The van der Waals surface area contributed by atoms with Gasteiger partial charge in [0, 0.05) is 32.5 Å². The second kappa shape index (κ2) is 17.8. The largest absolute Gasteiger partial charge is 0.487 e. The van der Waals surface area contributed by atoms with Crippen molar-refractivity contribution in [2.24, 2.45) is 0 Å². The van der Waals surface area contributed by atoms with Crippen LogP contribution in [0, 0.1) is 5.82 Å². The number of halogens is 1. The Balaban J connectivity index is 0.00000212. The second-order valence-corrected chi connectivity index (χ2v) is 7.46. The van der Waals surface area contributed by atoms with Gasteiger partial charge in [-0.25, -0.2) is 13.3 Å². The van der Waals surface area contributed by atoms with Gasteiger partial charge in [0.15, 0.2) is 0 Å². The molecule has 2 aromatic carbocycles. The highest BCUT2D eigenvalue weighted by Crippen LogP contribution is 2.15. The van der Waals surface area contributed by atoms with Gasteiger partial charge in [0.2, 0.25) is 0 Å². The van der Waals surface area contributed by atoms with Crippen molar-refractivity contribution in [2.75, 3.05) is 26.5 Å². The summed E-state index contributed by atoms with van der Waals surface area (Å²) in [5.41, 5.74) is 2.23. The summed E-state index contributed by atoms with van der Waals surface area (Å²) in [6, 6.07) is 14.1. The highest BCUT2D eigenvalue weighted by atomic mass is 32.2. The average molecular weight is 455 g/mol. The van der Waals surface area contributed by atoms with Crippen LogP contribution in [0.2, 0.25) is 0 Å². The standard InChI is InChI=1S/C20H27FN2O3S.2C2H6/c1-15(23-27(3)24)17-6-4-16(5-7-17)12-22-13-20(14-25-2)26-19-10-8-18(21)9-11-19;2*1-2/h4-11,15,20,22-23H,12-14H2,1-3H3;2*1-2H3. The van der Waals surface area contributed by atoms with Crippen molar-refractivity contribution in [3.05, 3.63) is 65.5 Å². The molecule has 0 aromatic heterocycles. The molecule has 3 atom stereocenters. The molecule has 5 nitrogen and oxygen atoms in total. The van der Waals surface area contributed by atoms with Crippen LogP contribution in [-0.4, -0.2) is 36.8 Å². The van der Waals surface area contributed by atoms with E-state index >= 15 is 0 Å². The van der Waals surface area contributed by atoms with E-state index in [2.05, 4.69) is 10.0 Å². The number of hydrogen-bond acceptors (Lipinski definition) is 4. The summed E-state index contributed by atoms with van der Waals surface area (Å²) in [6.07, 6.45) is 1.45. The molecule has 0 heterocycles. The Morgan fingerprint density at radius 2 is 1.58 bits per heavy atom. The molecular weight excluding hydrogens is 415 g/mol. The Labute approximate surface area is 190 Å². The smallest absolute Gasteiger partial charge is 0.134 e. The predicted molar refractivity (Wildman–Crippen MR) is 129 cm³/mol. The van der Waals surface area contributed by atoms with Crippen molar-refractivity contribution in [3.63, 3.8) is 0 Å². The lowest BCUT2D eigenvalue weighted by atomic mass is 10.1. The quantitative estimate of drug-likeness (QED) is 0.501. The lowest BCUT2D eigenvalue weighted by molar-refractivity contribution is 0.0804. The summed E-state index contributed by atoms with van der Waals surface area (Å²) >= 11 is 0. The van der Waals surface area contributed by atoms with Gasteiger partial charge in [0.1, 0.15) is 17.7 Å². The van der Waals surface area contributed by atoms with E-state index in [1.54, 1.807) is 25.5 Å². The predicted octanol–water partition coefficient (Wildman–Crippen LogP) is 5.01. The van der Waals surface area contributed by atoms with E-state index in [1.165, 1.54) is 12.1 Å². The minimum absolute atomic E-state index is 0.0352. The first-order chi connectivity index (χ1) is 15.0. The van der Waals surface area contributed by atoms with E-state index < -0.39 is 11.0 Å². The van der Waals surface area contributed by atoms with E-state index in [4.69, 9.17) is 9.47 Å². The number of rotatable bonds is 11. The third-order valence-corrected chi connectivity index (χ3v) is 4.68. The maximum Gasteiger partial charge on any atom is 0.134 e. The fraction of sp³-hybridized carbons (Fsp3) is 0.500. The molecule has 0 radical (unpaired) electrons. The second-order valence-electron chi connectivity index (χ2n) is 6.32. The van der Waals surface area contributed by atoms with E-state index in [0.29, 0.717) is 25.4 Å². The monoisotopic (exact) mass is 454 g/mol. The normalized spacial score (nSPS) is 13.0. The summed E-state index contributed by atoms with van der Waals surface area (Å²) in [5, 5.41) is 3.36. The van der Waals surface area contributed by atoms with Gasteiger partial charge in [0.05, 0.1) is 17.6 Å². The van der Waals surface area contributed by atoms with Gasteiger partial charge in [0.25, 0.3) is 0 Å². The maximum atomic E-state index is 13.0. The zero-order chi connectivity index (χ0) is 23.6. The minimum Gasteiger partial charge on any atom is -0.487 e. The van der Waals surface area contributed by atoms with Gasteiger partial charge in [-0.05, 0) is 42.3 Å². The molecule has 0 aliphatic rings. The number of ether oxygens (including phenoxy) is 2. The third kappa shape index (κ3) is 12.6. The van der Waals surface area contributed by atoms with Gasteiger partial charge in [-0.1, -0.05) is 52.0 Å². The molecule has 2 aromatic rings. The molecule has 0 spiro atoms. The zero-order valence-corrected chi connectivity index (χ0v) is 20.7. The molecule has 0 bridgehead atoms. The molecule has 0 fully saturated rings. The molecule has 0 saturated heterocycles. The fourth-order valence-corrected chi connectivity index (χ4v) is 3.28. The van der Waals surface area contributed by atoms with Crippen molar-refractivity contribution >= 4 is 11.0 Å². The Bertz CT molecular complexity index is 712. The minimum atomic E-state index is -1.04. The first kappa shape index (κ1) is 29.2. The number of methoxy groups -OCH3 is 1. The molecule has 176 valence electrons.